The van der Waals surface area contributed by atoms with Crippen LogP contribution in [0.15, 0.2) is 36.5 Å². The highest BCUT2D eigenvalue weighted by molar-refractivity contribution is 6.32. The number of unbranched alkanes of at least 4 members (excludes halogenated alkanes) is 2. The number of anilines is 1. The quantitative estimate of drug-likeness (QED) is 0.685. The Kier molecular flexibility index (Phi) is 7.41. The lowest BCUT2D eigenvalue weighted by Gasteiger charge is -2.09. The molecule has 0 aliphatic heterocycles. The van der Waals surface area contributed by atoms with Gasteiger partial charge >= 0.3 is 0 Å². The van der Waals surface area contributed by atoms with Crippen molar-refractivity contribution in [2.24, 2.45) is 0 Å². The molecule has 138 valence electrons. The smallest absolute Gasteiger partial charge is 0.274 e. The molecule has 0 unspecified atom stereocenters. The average molecular weight is 376 g/mol. The van der Waals surface area contributed by atoms with Gasteiger partial charge in [0.25, 0.3) is 11.8 Å². The van der Waals surface area contributed by atoms with E-state index in [4.69, 9.17) is 16.3 Å². The maximum Gasteiger partial charge on any atom is 0.274 e. The van der Waals surface area contributed by atoms with Gasteiger partial charge in [-0.2, -0.15) is 0 Å². The van der Waals surface area contributed by atoms with E-state index in [-0.39, 0.29) is 11.6 Å². The minimum absolute atomic E-state index is 0.151. The standard InChI is InChI=1S/C19H22ClN3O3/c1-3-4-5-9-22-18(24)13-8-10-21-16(11-13)19(25)23-14-6-7-17(26-2)15(20)12-14/h6-8,10-12H,3-5,9H2,1-2H3,(H,22,24)(H,23,25). The Bertz CT molecular complexity index is 780. The van der Waals surface area contributed by atoms with E-state index in [2.05, 4.69) is 22.5 Å². The Morgan fingerprint density at radius 2 is 1.96 bits per heavy atom. The first kappa shape index (κ1) is 19.7. The van der Waals surface area contributed by atoms with Crippen LogP contribution in [-0.4, -0.2) is 30.5 Å². The first-order valence-electron chi connectivity index (χ1n) is 8.44. The average Bonchev–Trinajstić information content (AvgIpc) is 2.65. The van der Waals surface area contributed by atoms with Crippen LogP contribution < -0.4 is 15.4 Å². The maximum atomic E-state index is 12.4. The molecule has 0 saturated heterocycles. The first-order chi connectivity index (χ1) is 12.5. The van der Waals surface area contributed by atoms with Gasteiger partial charge in [-0.25, -0.2) is 0 Å². The van der Waals surface area contributed by atoms with E-state index in [1.165, 1.54) is 19.4 Å². The molecule has 1 heterocycles. The highest BCUT2D eigenvalue weighted by Gasteiger charge is 2.13. The molecule has 1 aromatic heterocycles. The number of rotatable bonds is 8. The van der Waals surface area contributed by atoms with Gasteiger partial charge in [0.05, 0.1) is 12.1 Å². The van der Waals surface area contributed by atoms with Gasteiger partial charge in [-0.3, -0.25) is 14.6 Å². The van der Waals surface area contributed by atoms with Crippen molar-refractivity contribution < 1.29 is 14.3 Å². The number of nitrogens with one attached hydrogen (secondary N) is 2. The monoisotopic (exact) mass is 375 g/mol. The van der Waals surface area contributed by atoms with Gasteiger partial charge in [0.2, 0.25) is 0 Å². The summed E-state index contributed by atoms with van der Waals surface area (Å²) in [5.74, 6) is -0.124. The summed E-state index contributed by atoms with van der Waals surface area (Å²) in [4.78, 5) is 28.6. The Labute approximate surface area is 157 Å². The second kappa shape index (κ2) is 9.77. The van der Waals surface area contributed by atoms with Crippen molar-refractivity contribution >= 4 is 29.1 Å². The number of benzene rings is 1. The lowest BCUT2D eigenvalue weighted by molar-refractivity contribution is 0.0953. The molecule has 0 aliphatic rings. The van der Waals surface area contributed by atoms with Gasteiger partial charge in [0, 0.05) is 24.0 Å². The molecule has 1 aromatic carbocycles. The summed E-state index contributed by atoms with van der Waals surface area (Å²) in [7, 11) is 1.52. The molecule has 0 spiro atoms. The van der Waals surface area contributed by atoms with Gasteiger partial charge in [-0.15, -0.1) is 0 Å². The summed E-state index contributed by atoms with van der Waals surface area (Å²) >= 11 is 6.05. The second-order valence-electron chi connectivity index (χ2n) is 5.70. The third-order valence-corrected chi connectivity index (χ3v) is 4.03. The van der Waals surface area contributed by atoms with Crippen molar-refractivity contribution in [1.82, 2.24) is 10.3 Å². The number of amides is 2. The lowest BCUT2D eigenvalue weighted by atomic mass is 10.2. The van der Waals surface area contributed by atoms with Crippen LogP contribution in [0.25, 0.3) is 0 Å². The Morgan fingerprint density at radius 1 is 1.15 bits per heavy atom. The number of ether oxygens (including phenoxy) is 1. The number of nitrogens with zero attached hydrogens (tertiary/aromatic N) is 1. The van der Waals surface area contributed by atoms with Crippen LogP contribution >= 0.6 is 11.6 Å². The minimum atomic E-state index is -0.424. The molecule has 7 heteroatoms. The molecule has 0 radical (unpaired) electrons. The van der Waals surface area contributed by atoms with E-state index in [1.807, 2.05) is 0 Å². The van der Waals surface area contributed by atoms with Crippen LogP contribution in [0.4, 0.5) is 5.69 Å². The van der Waals surface area contributed by atoms with Crippen molar-refractivity contribution in [3.63, 3.8) is 0 Å². The topological polar surface area (TPSA) is 80.3 Å². The third kappa shape index (κ3) is 5.46. The minimum Gasteiger partial charge on any atom is -0.495 e. The van der Waals surface area contributed by atoms with E-state index in [1.54, 1.807) is 24.3 Å². The third-order valence-electron chi connectivity index (χ3n) is 3.73. The molecule has 0 atom stereocenters. The maximum absolute atomic E-state index is 12.4. The molecule has 0 aliphatic carbocycles. The predicted molar refractivity (Wildman–Crippen MR) is 102 cm³/mol. The van der Waals surface area contributed by atoms with Crippen LogP contribution in [0, 0.1) is 0 Å². The number of hydrogen-bond donors (Lipinski definition) is 2. The van der Waals surface area contributed by atoms with Crippen LogP contribution in [0.2, 0.25) is 5.02 Å². The summed E-state index contributed by atoms with van der Waals surface area (Å²) in [5.41, 5.74) is 1.06. The molecule has 6 nitrogen and oxygen atoms in total. The van der Waals surface area contributed by atoms with Crippen LogP contribution in [0.5, 0.6) is 5.75 Å². The van der Waals surface area contributed by atoms with Gasteiger partial charge in [0.15, 0.2) is 0 Å². The van der Waals surface area contributed by atoms with E-state index in [0.717, 1.165) is 19.3 Å². The molecule has 0 saturated carbocycles. The summed E-state index contributed by atoms with van der Waals surface area (Å²) in [6, 6.07) is 7.97. The number of pyridine rings is 1. The SMILES string of the molecule is CCCCCNC(=O)c1ccnc(C(=O)Nc2ccc(OC)c(Cl)c2)c1. The molecule has 26 heavy (non-hydrogen) atoms. The molecule has 2 aromatic rings. The lowest BCUT2D eigenvalue weighted by Crippen LogP contribution is -2.25. The Morgan fingerprint density at radius 3 is 2.65 bits per heavy atom. The van der Waals surface area contributed by atoms with Crippen molar-refractivity contribution in [2.75, 3.05) is 19.0 Å². The van der Waals surface area contributed by atoms with E-state index < -0.39 is 5.91 Å². The second-order valence-corrected chi connectivity index (χ2v) is 6.10. The molecule has 0 bridgehead atoms. The van der Waals surface area contributed by atoms with E-state index >= 15 is 0 Å². The molecule has 2 N–H and O–H groups in total. The highest BCUT2D eigenvalue weighted by Crippen LogP contribution is 2.27. The summed E-state index contributed by atoms with van der Waals surface area (Å²) in [6.07, 6.45) is 4.52. The van der Waals surface area contributed by atoms with Crippen LogP contribution in [0.3, 0.4) is 0 Å². The fourth-order valence-electron chi connectivity index (χ4n) is 2.31. The Balaban J connectivity index is 2.03. The zero-order valence-corrected chi connectivity index (χ0v) is 15.6. The van der Waals surface area contributed by atoms with Gasteiger partial charge in [-0.1, -0.05) is 31.4 Å². The molecular weight excluding hydrogens is 354 g/mol. The number of methoxy groups -OCH3 is 1. The van der Waals surface area contributed by atoms with Crippen molar-refractivity contribution in [1.29, 1.82) is 0 Å². The number of carbonyl (C=O) groups is 2. The van der Waals surface area contributed by atoms with Crippen molar-refractivity contribution in [2.45, 2.75) is 26.2 Å². The van der Waals surface area contributed by atoms with Crippen LogP contribution in [-0.2, 0) is 0 Å². The Hall–Kier alpha value is -2.60. The zero-order chi connectivity index (χ0) is 18.9. The number of carbonyl (C=O) groups excluding carboxylic acids is 2. The van der Waals surface area contributed by atoms with E-state index in [9.17, 15) is 9.59 Å². The number of halogens is 1. The largest absolute Gasteiger partial charge is 0.495 e. The van der Waals surface area contributed by atoms with Gasteiger partial charge < -0.3 is 15.4 Å². The zero-order valence-electron chi connectivity index (χ0n) is 14.8. The fraction of sp³-hybridized carbons (Fsp3) is 0.316. The molecular formula is C19H22ClN3O3. The molecule has 2 rings (SSSR count). The summed E-state index contributed by atoms with van der Waals surface area (Å²) < 4.78 is 5.08. The van der Waals surface area contributed by atoms with Crippen molar-refractivity contribution in [3.05, 3.63) is 52.8 Å². The van der Waals surface area contributed by atoms with Crippen molar-refractivity contribution in [3.8, 4) is 5.75 Å². The molecule has 0 fully saturated rings. The predicted octanol–water partition coefficient (Wildman–Crippen LogP) is 3.92. The van der Waals surface area contributed by atoms with Crippen LogP contribution in [0.1, 0.15) is 47.0 Å². The normalized spacial score (nSPS) is 10.3. The number of aromatic nitrogens is 1. The molecule has 2 amide bonds. The fourth-order valence-corrected chi connectivity index (χ4v) is 2.57. The summed E-state index contributed by atoms with van der Waals surface area (Å²) in [6.45, 7) is 2.71. The highest BCUT2D eigenvalue weighted by atomic mass is 35.5. The first-order valence-corrected chi connectivity index (χ1v) is 8.82. The van der Waals surface area contributed by atoms with Gasteiger partial charge in [0.1, 0.15) is 11.4 Å². The summed E-state index contributed by atoms with van der Waals surface area (Å²) in [5, 5.41) is 5.93. The number of hydrogen-bond acceptors (Lipinski definition) is 4. The van der Waals surface area contributed by atoms with E-state index in [0.29, 0.717) is 28.6 Å². The van der Waals surface area contributed by atoms with Gasteiger partial charge in [-0.05, 0) is 36.8 Å².